The van der Waals surface area contributed by atoms with Gasteiger partial charge in [0.05, 0.1) is 23.1 Å². The van der Waals surface area contributed by atoms with Crippen molar-refractivity contribution in [2.75, 3.05) is 24.5 Å². The van der Waals surface area contributed by atoms with E-state index in [2.05, 4.69) is 53.9 Å². The standard InChI is InChI=1S/C21H22N8/c1-8-24-29(10-1)19-6-4-15(16-12-23-27-21(16)19)17-5-7-20(26-25-17)28-11-9-22-18(13-28)14-2-3-14/h1,4-8,10,12,14,18,22H,2-3,9,11,13H2,(H,23,27)/t18-/m1/s1. The van der Waals surface area contributed by atoms with Gasteiger partial charge in [-0.15, -0.1) is 10.2 Å². The Morgan fingerprint density at radius 1 is 1.07 bits per heavy atom. The van der Waals surface area contributed by atoms with Crippen molar-refractivity contribution in [2.24, 2.45) is 5.92 Å². The number of rotatable bonds is 4. The zero-order chi connectivity index (χ0) is 19.2. The first-order valence-electron chi connectivity index (χ1n) is 10.2. The molecule has 0 unspecified atom stereocenters. The molecule has 2 N–H and O–H groups in total. The fourth-order valence-electron chi connectivity index (χ4n) is 4.28. The molecule has 146 valence electrons. The van der Waals surface area contributed by atoms with E-state index in [1.54, 1.807) is 6.20 Å². The number of fused-ring (bicyclic) bond motifs is 1. The van der Waals surface area contributed by atoms with Gasteiger partial charge in [0.2, 0.25) is 0 Å². The number of nitrogens with zero attached hydrogens (tertiary/aromatic N) is 6. The number of aromatic amines is 1. The number of H-pyrrole nitrogens is 1. The van der Waals surface area contributed by atoms with E-state index in [1.807, 2.05) is 29.2 Å². The molecule has 3 aromatic heterocycles. The fraction of sp³-hybridized carbons (Fsp3) is 0.333. The van der Waals surface area contributed by atoms with E-state index in [4.69, 9.17) is 0 Å². The smallest absolute Gasteiger partial charge is 0.151 e. The monoisotopic (exact) mass is 386 g/mol. The van der Waals surface area contributed by atoms with Crippen molar-refractivity contribution >= 4 is 16.7 Å². The highest BCUT2D eigenvalue weighted by Gasteiger charge is 2.34. The van der Waals surface area contributed by atoms with Gasteiger partial charge in [-0.2, -0.15) is 10.2 Å². The van der Waals surface area contributed by atoms with Crippen LogP contribution in [0.4, 0.5) is 5.82 Å². The molecule has 4 aromatic rings. The summed E-state index contributed by atoms with van der Waals surface area (Å²) in [7, 11) is 0. The Kier molecular flexibility index (Phi) is 3.83. The van der Waals surface area contributed by atoms with E-state index in [9.17, 15) is 0 Å². The Hall–Kier alpha value is -3.26. The van der Waals surface area contributed by atoms with E-state index in [-0.39, 0.29) is 0 Å². The van der Waals surface area contributed by atoms with E-state index in [0.29, 0.717) is 6.04 Å². The van der Waals surface area contributed by atoms with Crippen LogP contribution < -0.4 is 10.2 Å². The van der Waals surface area contributed by atoms with Gasteiger partial charge in [0.15, 0.2) is 5.82 Å². The molecule has 4 heterocycles. The number of piperazine rings is 1. The summed E-state index contributed by atoms with van der Waals surface area (Å²) in [5, 5.41) is 25.4. The lowest BCUT2D eigenvalue weighted by atomic mass is 10.1. The van der Waals surface area contributed by atoms with Crippen LogP contribution >= 0.6 is 0 Å². The molecule has 1 aliphatic carbocycles. The van der Waals surface area contributed by atoms with Crippen molar-refractivity contribution in [3.05, 3.63) is 48.9 Å². The lowest BCUT2D eigenvalue weighted by molar-refractivity contribution is 0.416. The highest BCUT2D eigenvalue weighted by atomic mass is 15.3. The van der Waals surface area contributed by atoms with Gasteiger partial charge in [0.25, 0.3) is 0 Å². The number of aromatic nitrogens is 6. The Morgan fingerprint density at radius 2 is 2.03 bits per heavy atom. The average Bonchev–Trinajstić information content (AvgIpc) is 3.26. The number of hydrogen-bond donors (Lipinski definition) is 2. The third kappa shape index (κ3) is 2.96. The lowest BCUT2D eigenvalue weighted by Gasteiger charge is -2.34. The average molecular weight is 386 g/mol. The van der Waals surface area contributed by atoms with Crippen molar-refractivity contribution < 1.29 is 0 Å². The van der Waals surface area contributed by atoms with E-state index < -0.39 is 0 Å². The summed E-state index contributed by atoms with van der Waals surface area (Å²) in [6.07, 6.45) is 8.23. The molecular weight excluding hydrogens is 364 g/mol. The highest BCUT2D eigenvalue weighted by Crippen LogP contribution is 2.34. The van der Waals surface area contributed by atoms with Crippen molar-refractivity contribution in [3.8, 4) is 16.9 Å². The summed E-state index contributed by atoms with van der Waals surface area (Å²) in [6.45, 7) is 3.00. The van der Waals surface area contributed by atoms with Gasteiger partial charge >= 0.3 is 0 Å². The SMILES string of the molecule is c1cnn(-c2ccc(-c3ccc(N4CCN[C@@H](C5CC5)C4)nn3)c3cn[nH]c23)c1. The topological polar surface area (TPSA) is 87.6 Å². The molecule has 1 aromatic carbocycles. The summed E-state index contributed by atoms with van der Waals surface area (Å²) >= 11 is 0. The maximum atomic E-state index is 4.56. The quantitative estimate of drug-likeness (QED) is 0.560. The summed E-state index contributed by atoms with van der Waals surface area (Å²) in [5.74, 6) is 1.80. The molecule has 0 spiro atoms. The molecule has 1 saturated heterocycles. The second kappa shape index (κ2) is 6.66. The molecule has 2 fully saturated rings. The molecule has 8 nitrogen and oxygen atoms in total. The Morgan fingerprint density at radius 3 is 2.83 bits per heavy atom. The molecule has 1 saturated carbocycles. The van der Waals surface area contributed by atoms with Crippen LogP contribution in [0.1, 0.15) is 12.8 Å². The first-order valence-corrected chi connectivity index (χ1v) is 10.2. The summed E-state index contributed by atoms with van der Waals surface area (Å²) in [5.41, 5.74) is 3.76. The third-order valence-corrected chi connectivity index (χ3v) is 5.99. The summed E-state index contributed by atoms with van der Waals surface area (Å²) in [4.78, 5) is 2.35. The second-order valence-corrected chi connectivity index (χ2v) is 7.86. The summed E-state index contributed by atoms with van der Waals surface area (Å²) < 4.78 is 1.83. The first kappa shape index (κ1) is 16.7. The fourth-order valence-corrected chi connectivity index (χ4v) is 4.28. The number of nitrogens with one attached hydrogen (secondary N) is 2. The van der Waals surface area contributed by atoms with Gasteiger partial charge in [-0.25, -0.2) is 4.68 Å². The lowest BCUT2D eigenvalue weighted by Crippen LogP contribution is -2.52. The van der Waals surface area contributed by atoms with Crippen molar-refractivity contribution in [1.82, 2.24) is 35.5 Å². The molecule has 29 heavy (non-hydrogen) atoms. The number of benzene rings is 1. The zero-order valence-corrected chi connectivity index (χ0v) is 16.0. The van der Waals surface area contributed by atoms with E-state index in [0.717, 1.165) is 59.2 Å². The van der Waals surface area contributed by atoms with Gasteiger partial charge in [-0.05, 0) is 49.1 Å². The molecule has 6 rings (SSSR count). The minimum Gasteiger partial charge on any atom is -0.352 e. The van der Waals surface area contributed by atoms with Crippen molar-refractivity contribution in [1.29, 1.82) is 0 Å². The van der Waals surface area contributed by atoms with Gasteiger partial charge in [0, 0.05) is 49.0 Å². The Balaban J connectivity index is 1.31. The molecule has 1 aliphatic heterocycles. The molecule has 0 bridgehead atoms. The second-order valence-electron chi connectivity index (χ2n) is 7.86. The molecular formula is C21H22N8. The summed E-state index contributed by atoms with van der Waals surface area (Å²) in [6, 6.07) is 10.7. The Bertz CT molecular complexity index is 1130. The maximum Gasteiger partial charge on any atom is 0.151 e. The van der Waals surface area contributed by atoms with E-state index in [1.165, 1.54) is 12.8 Å². The number of hydrogen-bond acceptors (Lipinski definition) is 6. The Labute approximate surface area is 167 Å². The maximum absolute atomic E-state index is 4.56. The third-order valence-electron chi connectivity index (χ3n) is 5.99. The van der Waals surface area contributed by atoms with Crippen LogP contribution in [0.3, 0.4) is 0 Å². The van der Waals surface area contributed by atoms with Crippen LogP contribution in [0.2, 0.25) is 0 Å². The molecule has 0 radical (unpaired) electrons. The van der Waals surface area contributed by atoms with Crippen LogP contribution in [-0.2, 0) is 0 Å². The van der Waals surface area contributed by atoms with Gasteiger partial charge in [-0.1, -0.05) is 0 Å². The van der Waals surface area contributed by atoms with Crippen LogP contribution in [0.5, 0.6) is 0 Å². The zero-order valence-electron chi connectivity index (χ0n) is 16.0. The molecule has 0 amide bonds. The predicted octanol–water partition coefficient (Wildman–Crippen LogP) is 2.39. The highest BCUT2D eigenvalue weighted by molar-refractivity contribution is 5.97. The molecule has 2 aliphatic rings. The van der Waals surface area contributed by atoms with Crippen molar-refractivity contribution in [3.63, 3.8) is 0 Å². The molecule has 1 atom stereocenters. The normalized spacial score (nSPS) is 19.7. The number of anilines is 1. The minimum atomic E-state index is 0.589. The van der Waals surface area contributed by atoms with Crippen molar-refractivity contribution in [2.45, 2.75) is 18.9 Å². The van der Waals surface area contributed by atoms with Gasteiger partial charge in [-0.3, -0.25) is 5.10 Å². The van der Waals surface area contributed by atoms with Crippen LogP contribution in [-0.4, -0.2) is 55.9 Å². The van der Waals surface area contributed by atoms with Gasteiger partial charge < -0.3 is 10.2 Å². The minimum absolute atomic E-state index is 0.589. The van der Waals surface area contributed by atoms with Gasteiger partial charge in [0.1, 0.15) is 0 Å². The van der Waals surface area contributed by atoms with Crippen LogP contribution in [0.25, 0.3) is 27.8 Å². The largest absolute Gasteiger partial charge is 0.352 e. The first-order chi connectivity index (χ1) is 14.4. The predicted molar refractivity (Wildman–Crippen MR) is 111 cm³/mol. The van der Waals surface area contributed by atoms with E-state index >= 15 is 0 Å². The molecule has 8 heteroatoms. The van der Waals surface area contributed by atoms with Crippen LogP contribution in [0.15, 0.2) is 48.9 Å². The van der Waals surface area contributed by atoms with Crippen LogP contribution in [0, 0.1) is 5.92 Å².